The predicted octanol–water partition coefficient (Wildman–Crippen LogP) is 6.21. The summed E-state index contributed by atoms with van der Waals surface area (Å²) < 4.78 is 11.8. The average Bonchev–Trinajstić information content (AvgIpc) is 3.55. The molecule has 7 nitrogen and oxygen atoms in total. The van der Waals surface area contributed by atoms with Crippen LogP contribution in [-0.4, -0.2) is 53.8 Å². The molecule has 230 valence electrons. The minimum atomic E-state index is -1.01. The number of carboxylic acid groups (broad SMARTS) is 1. The van der Waals surface area contributed by atoms with Crippen LogP contribution in [0.1, 0.15) is 84.5 Å². The van der Waals surface area contributed by atoms with Gasteiger partial charge in [-0.25, -0.2) is 4.79 Å². The van der Waals surface area contributed by atoms with E-state index < -0.39 is 29.6 Å². The maximum Gasteiger partial charge on any atom is 0.326 e. The largest absolute Gasteiger partial charge is 0.496 e. The Morgan fingerprint density at radius 1 is 1.07 bits per heavy atom. The Morgan fingerprint density at radius 2 is 1.74 bits per heavy atom. The van der Waals surface area contributed by atoms with Crippen LogP contribution >= 0.6 is 0 Å². The van der Waals surface area contributed by atoms with Crippen LogP contribution in [0.5, 0.6) is 5.75 Å². The van der Waals surface area contributed by atoms with Crippen molar-refractivity contribution in [2.45, 2.75) is 98.0 Å². The number of ether oxygens (including phenoxy) is 2. The topological polar surface area (TPSA) is 88.1 Å². The van der Waals surface area contributed by atoms with Gasteiger partial charge in [0.05, 0.1) is 13.2 Å². The highest BCUT2D eigenvalue weighted by atomic mass is 16.5. The highest BCUT2D eigenvalue weighted by Gasteiger charge is 2.59. The fraction of sp³-hybridized carbons (Fsp3) is 0.600. The van der Waals surface area contributed by atoms with Gasteiger partial charge in [-0.2, -0.15) is 0 Å². The van der Waals surface area contributed by atoms with Crippen molar-refractivity contribution in [2.24, 2.45) is 23.2 Å². The Hall–Kier alpha value is -2.90. The van der Waals surface area contributed by atoms with Gasteiger partial charge in [-0.15, -0.1) is 0 Å². The lowest BCUT2D eigenvalue weighted by Crippen LogP contribution is -2.51. The second-order valence-corrected chi connectivity index (χ2v) is 14.4. The number of likely N-dealkylation sites (tertiary alicyclic amines) is 1. The summed E-state index contributed by atoms with van der Waals surface area (Å²) in [4.78, 5) is 29.3. The fourth-order valence-corrected chi connectivity index (χ4v) is 7.03. The first-order valence-corrected chi connectivity index (χ1v) is 15.3. The van der Waals surface area contributed by atoms with E-state index in [0.717, 1.165) is 23.3 Å². The van der Waals surface area contributed by atoms with Crippen molar-refractivity contribution < 1.29 is 24.2 Å². The van der Waals surface area contributed by atoms with Gasteiger partial charge in [0, 0.05) is 30.7 Å². The van der Waals surface area contributed by atoms with Crippen molar-refractivity contribution in [3.63, 3.8) is 0 Å². The minimum absolute atomic E-state index is 0.0409. The van der Waals surface area contributed by atoms with Gasteiger partial charge in [-0.05, 0) is 46.3 Å². The number of carboxylic acids is 1. The van der Waals surface area contributed by atoms with Crippen LogP contribution in [0, 0.1) is 23.2 Å². The quantitative estimate of drug-likeness (QED) is 0.387. The third-order valence-electron chi connectivity index (χ3n) is 9.23. The molecule has 6 atom stereocenters. The number of carbonyl (C=O) groups is 2. The van der Waals surface area contributed by atoms with Crippen LogP contribution in [-0.2, 0) is 26.3 Å². The van der Waals surface area contributed by atoms with E-state index in [9.17, 15) is 14.7 Å². The number of hydrogen-bond acceptors (Lipinski definition) is 5. The summed E-state index contributed by atoms with van der Waals surface area (Å²) in [6.07, 6.45) is 0.144. The zero-order valence-corrected chi connectivity index (χ0v) is 26.8. The maximum atomic E-state index is 14.5. The van der Waals surface area contributed by atoms with Gasteiger partial charge >= 0.3 is 5.97 Å². The van der Waals surface area contributed by atoms with E-state index in [0.29, 0.717) is 13.2 Å². The van der Waals surface area contributed by atoms with Crippen molar-refractivity contribution in [3.05, 3.63) is 65.2 Å². The molecule has 42 heavy (non-hydrogen) atoms. The Labute approximate surface area is 252 Å². The van der Waals surface area contributed by atoms with Gasteiger partial charge in [0.15, 0.2) is 0 Å². The molecule has 2 aromatic rings. The van der Waals surface area contributed by atoms with Crippen LogP contribution in [0.4, 0.5) is 0 Å². The molecule has 2 aliphatic rings. The van der Waals surface area contributed by atoms with E-state index >= 15 is 0 Å². The second-order valence-electron chi connectivity index (χ2n) is 14.4. The molecule has 0 aromatic heterocycles. The van der Waals surface area contributed by atoms with E-state index in [2.05, 4.69) is 72.8 Å². The van der Waals surface area contributed by atoms with Crippen LogP contribution in [0.3, 0.4) is 0 Å². The Kier molecular flexibility index (Phi) is 9.43. The van der Waals surface area contributed by atoms with E-state index in [1.807, 2.05) is 36.4 Å². The smallest absolute Gasteiger partial charge is 0.326 e. The number of aliphatic carboxylic acids is 1. The number of carbonyl (C=O) groups excluding carboxylic acids is 1. The van der Waals surface area contributed by atoms with Gasteiger partial charge in [-0.3, -0.25) is 4.79 Å². The zero-order valence-electron chi connectivity index (χ0n) is 26.8. The van der Waals surface area contributed by atoms with Crippen molar-refractivity contribution >= 4 is 11.9 Å². The Morgan fingerprint density at radius 3 is 2.29 bits per heavy atom. The first-order valence-electron chi connectivity index (χ1n) is 15.3. The summed E-state index contributed by atoms with van der Waals surface area (Å²) in [5.74, 6) is -0.512. The molecular formula is C35H50N2O5. The molecular weight excluding hydrogens is 528 g/mol. The maximum absolute atomic E-state index is 14.5. The first kappa shape index (κ1) is 32.0. The summed E-state index contributed by atoms with van der Waals surface area (Å²) in [5.41, 5.74) is 2.64. The molecule has 4 rings (SSSR count). The molecule has 7 heteroatoms. The molecule has 2 aliphatic heterocycles. The number of nitrogens with one attached hydrogen (secondary N) is 1. The number of benzene rings is 2. The van der Waals surface area contributed by atoms with Crippen molar-refractivity contribution in [1.82, 2.24) is 10.2 Å². The number of rotatable bonds is 8. The number of amides is 1. The third-order valence-corrected chi connectivity index (χ3v) is 9.23. The average molecular weight is 579 g/mol. The monoisotopic (exact) mass is 578 g/mol. The molecule has 2 fully saturated rings. The van der Waals surface area contributed by atoms with Crippen LogP contribution in [0.2, 0.25) is 0 Å². The molecule has 2 heterocycles. The lowest BCUT2D eigenvalue weighted by Gasteiger charge is -2.36. The molecule has 0 aliphatic carbocycles. The standard InChI is InChI=1S/C35H50N2O5/c1-21(2)25-17-18-42-31(25)32(38)37-29(22-13-11-10-12-14-22)28(27(35(6,7)8)30(37)33(39)40)36-20-23-19-24(34(3,4)5)15-16-26(23)41-9/h10-16,19,21,25,27-31,36H,17-18,20H2,1-9H3,(H,39,40)/t25-,27-,28-,29-,30-,31-/m0/s1. The summed E-state index contributed by atoms with van der Waals surface area (Å²) >= 11 is 0. The Bertz CT molecular complexity index is 1250. The van der Waals surface area contributed by atoms with Crippen molar-refractivity contribution in [3.8, 4) is 5.75 Å². The summed E-state index contributed by atoms with van der Waals surface area (Å²) in [6.45, 7) is 17.9. The summed E-state index contributed by atoms with van der Waals surface area (Å²) in [6, 6.07) is 14.3. The van der Waals surface area contributed by atoms with Crippen LogP contribution < -0.4 is 10.1 Å². The van der Waals surface area contributed by atoms with Gasteiger partial charge in [0.1, 0.15) is 17.9 Å². The molecule has 1 amide bonds. The summed E-state index contributed by atoms with van der Waals surface area (Å²) in [7, 11) is 1.67. The van der Waals surface area contributed by atoms with Gasteiger partial charge in [-0.1, -0.05) is 97.9 Å². The molecule has 2 N–H and O–H groups in total. The van der Waals surface area contributed by atoms with Crippen LogP contribution in [0.25, 0.3) is 0 Å². The molecule has 0 bridgehead atoms. The lowest BCUT2D eigenvalue weighted by atomic mass is 9.72. The van der Waals surface area contributed by atoms with E-state index in [1.54, 1.807) is 12.0 Å². The highest BCUT2D eigenvalue weighted by Crippen LogP contribution is 2.49. The third kappa shape index (κ3) is 6.37. The first-order chi connectivity index (χ1) is 19.7. The van der Waals surface area contributed by atoms with Crippen molar-refractivity contribution in [2.75, 3.05) is 13.7 Å². The van der Waals surface area contributed by atoms with Crippen molar-refractivity contribution in [1.29, 1.82) is 0 Å². The normalized spacial score (nSPS) is 26.6. The van der Waals surface area contributed by atoms with Gasteiger partial charge in [0.25, 0.3) is 5.91 Å². The summed E-state index contributed by atoms with van der Waals surface area (Å²) in [5, 5.41) is 14.6. The molecule has 0 spiro atoms. The van der Waals surface area contributed by atoms with E-state index in [-0.39, 0.29) is 35.1 Å². The molecule has 2 aromatic carbocycles. The number of nitrogens with zero attached hydrogens (tertiary/aromatic N) is 1. The minimum Gasteiger partial charge on any atom is -0.496 e. The molecule has 0 unspecified atom stereocenters. The molecule has 0 saturated carbocycles. The Balaban J connectivity index is 1.83. The number of hydrogen-bond donors (Lipinski definition) is 2. The highest BCUT2D eigenvalue weighted by molar-refractivity contribution is 5.88. The van der Waals surface area contributed by atoms with Gasteiger partial charge < -0.3 is 24.8 Å². The fourth-order valence-electron chi connectivity index (χ4n) is 7.03. The predicted molar refractivity (Wildman–Crippen MR) is 165 cm³/mol. The lowest BCUT2D eigenvalue weighted by molar-refractivity contribution is -0.158. The number of methoxy groups -OCH3 is 1. The van der Waals surface area contributed by atoms with Crippen LogP contribution in [0.15, 0.2) is 48.5 Å². The molecule has 0 radical (unpaired) electrons. The van der Waals surface area contributed by atoms with Gasteiger partial charge in [0.2, 0.25) is 0 Å². The molecule has 2 saturated heterocycles. The van der Waals surface area contributed by atoms with E-state index in [4.69, 9.17) is 9.47 Å². The second kappa shape index (κ2) is 12.4. The zero-order chi connectivity index (χ0) is 31.0. The SMILES string of the molecule is COc1ccc(C(C)(C)C)cc1CN[C@H]1[C@H](C(C)(C)C)[C@@H](C(=O)O)N(C(=O)[C@H]2OCC[C@H]2C(C)C)[C@H]1c1ccccc1. The van der Waals surface area contributed by atoms with E-state index in [1.165, 1.54) is 5.56 Å².